The summed E-state index contributed by atoms with van der Waals surface area (Å²) in [5.74, 6) is 0.411. The minimum Gasteiger partial charge on any atom is -0.444 e. The Balaban J connectivity index is 1.76. The van der Waals surface area contributed by atoms with E-state index in [2.05, 4.69) is 10.3 Å². The number of ether oxygens (including phenoxy) is 1. The van der Waals surface area contributed by atoms with E-state index in [4.69, 9.17) is 9.72 Å². The lowest BCUT2D eigenvalue weighted by Crippen LogP contribution is -2.44. The van der Waals surface area contributed by atoms with Crippen molar-refractivity contribution in [2.75, 3.05) is 32.5 Å². The van der Waals surface area contributed by atoms with Gasteiger partial charge in [0.1, 0.15) is 11.4 Å². The number of carbonyl (C=O) groups excluding carboxylic acids is 2. The maximum absolute atomic E-state index is 13.2. The quantitative estimate of drug-likeness (QED) is 0.713. The fourth-order valence-electron chi connectivity index (χ4n) is 3.81. The van der Waals surface area contributed by atoms with E-state index in [0.29, 0.717) is 31.7 Å². The maximum atomic E-state index is 13.2. The molecule has 0 aromatic carbocycles. The monoisotopic (exact) mass is 459 g/mol. The highest BCUT2D eigenvalue weighted by Gasteiger charge is 2.36. The lowest BCUT2D eigenvalue weighted by molar-refractivity contribution is -0.132. The lowest BCUT2D eigenvalue weighted by Gasteiger charge is -2.36. The van der Waals surface area contributed by atoms with Crippen molar-refractivity contribution < 1.29 is 14.3 Å². The number of carbonyl (C=O) groups is 2. The lowest BCUT2D eigenvalue weighted by atomic mass is 9.81. The number of rotatable bonds is 5. The molecule has 1 aliphatic rings. The van der Waals surface area contributed by atoms with Crippen LogP contribution in [-0.2, 0) is 9.53 Å². The Bertz CT molecular complexity index is 945. The third-order valence-electron chi connectivity index (χ3n) is 5.32. The molecule has 174 valence electrons. The smallest absolute Gasteiger partial charge is 0.410 e. The molecule has 3 rings (SSSR count). The van der Waals surface area contributed by atoms with Crippen LogP contribution in [0.1, 0.15) is 50.1 Å². The van der Waals surface area contributed by atoms with Gasteiger partial charge in [0.2, 0.25) is 5.91 Å². The van der Waals surface area contributed by atoms with Gasteiger partial charge >= 0.3 is 6.09 Å². The molecule has 1 aliphatic heterocycles. The molecule has 0 spiro atoms. The van der Waals surface area contributed by atoms with Gasteiger partial charge in [-0.2, -0.15) is 0 Å². The zero-order chi connectivity index (χ0) is 23.5. The summed E-state index contributed by atoms with van der Waals surface area (Å²) in [7, 11) is 3.54. The molecule has 1 atom stereocenters. The number of piperidine rings is 1. The first kappa shape index (κ1) is 24.0. The third-order valence-corrected chi connectivity index (χ3v) is 6.14. The van der Waals surface area contributed by atoms with Gasteiger partial charge in [0.25, 0.3) is 0 Å². The van der Waals surface area contributed by atoms with Crippen LogP contribution in [0.25, 0.3) is 0 Å². The van der Waals surface area contributed by atoms with E-state index >= 15 is 0 Å². The number of anilines is 2. The number of aryl methyl sites for hydroxylation is 1. The van der Waals surface area contributed by atoms with Crippen LogP contribution < -0.4 is 5.32 Å². The standard InChI is InChI=1S/C23H33N5O3S/c1-15-14-24-21(32-15)26-18-9-7-8-17(25-18)19(20(29)27(5)6)16-10-12-28(13-11-16)22(30)31-23(2,3)4/h7-9,14,16,19H,10-13H2,1-6H3,(H,24,25,26). The number of pyridine rings is 1. The topological polar surface area (TPSA) is 87.7 Å². The number of nitrogens with zero attached hydrogens (tertiary/aromatic N) is 4. The van der Waals surface area contributed by atoms with Crippen LogP contribution >= 0.6 is 11.3 Å². The Kier molecular flexibility index (Phi) is 7.38. The Labute approximate surface area is 194 Å². The second-order valence-electron chi connectivity index (χ2n) is 9.36. The van der Waals surface area contributed by atoms with Crippen LogP contribution in [-0.4, -0.2) is 64.6 Å². The molecule has 0 bridgehead atoms. The van der Waals surface area contributed by atoms with E-state index in [1.54, 1.807) is 35.2 Å². The number of thiazole rings is 1. The zero-order valence-electron chi connectivity index (χ0n) is 19.7. The van der Waals surface area contributed by atoms with Crippen LogP contribution in [0, 0.1) is 12.8 Å². The van der Waals surface area contributed by atoms with Crippen molar-refractivity contribution in [3.8, 4) is 0 Å². The molecule has 8 nitrogen and oxygen atoms in total. The minimum absolute atomic E-state index is 0.0236. The second-order valence-corrected chi connectivity index (χ2v) is 10.6. The van der Waals surface area contributed by atoms with E-state index in [1.807, 2.05) is 52.1 Å². The Morgan fingerprint density at radius 1 is 1.25 bits per heavy atom. The van der Waals surface area contributed by atoms with E-state index in [9.17, 15) is 9.59 Å². The number of aromatic nitrogens is 2. The molecule has 2 aromatic rings. The van der Waals surface area contributed by atoms with Crippen molar-refractivity contribution in [3.05, 3.63) is 35.0 Å². The van der Waals surface area contributed by atoms with Gasteiger partial charge in [-0.05, 0) is 58.6 Å². The van der Waals surface area contributed by atoms with E-state index in [1.165, 1.54) is 0 Å². The Hall–Kier alpha value is -2.68. The average molecular weight is 460 g/mol. The van der Waals surface area contributed by atoms with E-state index < -0.39 is 5.60 Å². The summed E-state index contributed by atoms with van der Waals surface area (Å²) in [4.78, 5) is 39.2. The minimum atomic E-state index is -0.523. The summed E-state index contributed by atoms with van der Waals surface area (Å²) in [5, 5.41) is 4.01. The molecule has 2 aromatic heterocycles. The average Bonchev–Trinajstić information content (AvgIpc) is 3.12. The summed E-state index contributed by atoms with van der Waals surface area (Å²) in [6.45, 7) is 8.72. The fraction of sp³-hybridized carbons (Fsp3) is 0.565. The molecule has 32 heavy (non-hydrogen) atoms. The molecular weight excluding hydrogens is 426 g/mol. The van der Waals surface area contributed by atoms with Gasteiger partial charge in [0.15, 0.2) is 5.13 Å². The van der Waals surface area contributed by atoms with E-state index in [-0.39, 0.29) is 23.8 Å². The molecule has 3 heterocycles. The van der Waals surface area contributed by atoms with Crippen LogP contribution in [0.3, 0.4) is 0 Å². The Morgan fingerprint density at radius 2 is 1.94 bits per heavy atom. The van der Waals surface area contributed by atoms with E-state index in [0.717, 1.165) is 15.7 Å². The number of hydrogen-bond acceptors (Lipinski definition) is 7. The molecule has 0 aliphatic carbocycles. The van der Waals surface area contributed by atoms with Crippen LogP contribution in [0.15, 0.2) is 24.4 Å². The van der Waals surface area contributed by atoms with Crippen molar-refractivity contribution in [3.63, 3.8) is 0 Å². The molecule has 2 amide bonds. The zero-order valence-corrected chi connectivity index (χ0v) is 20.5. The van der Waals surface area contributed by atoms with Gasteiger partial charge in [0, 0.05) is 38.3 Å². The normalized spacial score (nSPS) is 15.9. The van der Waals surface area contributed by atoms with Gasteiger partial charge in [-0.3, -0.25) is 4.79 Å². The van der Waals surface area contributed by atoms with Gasteiger partial charge in [-0.25, -0.2) is 14.8 Å². The number of likely N-dealkylation sites (tertiary alicyclic amines) is 1. The summed E-state index contributed by atoms with van der Waals surface area (Å²) >= 11 is 1.56. The number of likely N-dealkylation sites (N-methyl/N-ethyl adjacent to an activating group) is 1. The Morgan fingerprint density at radius 3 is 2.50 bits per heavy atom. The van der Waals surface area contributed by atoms with Gasteiger partial charge < -0.3 is 19.9 Å². The van der Waals surface area contributed by atoms with Crippen molar-refractivity contribution in [1.29, 1.82) is 0 Å². The predicted molar refractivity (Wildman–Crippen MR) is 126 cm³/mol. The highest BCUT2D eigenvalue weighted by molar-refractivity contribution is 7.15. The molecule has 9 heteroatoms. The predicted octanol–water partition coefficient (Wildman–Crippen LogP) is 4.41. The summed E-state index contributed by atoms with van der Waals surface area (Å²) in [5.41, 5.74) is 0.211. The van der Waals surface area contributed by atoms with Gasteiger partial charge in [-0.1, -0.05) is 6.07 Å². The SMILES string of the molecule is Cc1cnc(Nc2cccc(C(C(=O)N(C)C)C3CCN(C(=O)OC(C)(C)C)CC3)n2)s1. The number of amides is 2. The highest BCUT2D eigenvalue weighted by Crippen LogP contribution is 2.34. The number of hydrogen-bond donors (Lipinski definition) is 1. The highest BCUT2D eigenvalue weighted by atomic mass is 32.1. The first-order chi connectivity index (χ1) is 15.0. The van der Waals surface area contributed by atoms with Crippen molar-refractivity contribution in [2.24, 2.45) is 5.92 Å². The fourth-order valence-corrected chi connectivity index (χ4v) is 4.48. The molecule has 1 saturated heterocycles. The first-order valence-corrected chi connectivity index (χ1v) is 11.7. The largest absolute Gasteiger partial charge is 0.444 e. The molecule has 1 N–H and O–H groups in total. The van der Waals surface area contributed by atoms with Crippen molar-refractivity contribution >= 4 is 34.3 Å². The van der Waals surface area contributed by atoms with Crippen LogP contribution in [0.5, 0.6) is 0 Å². The summed E-state index contributed by atoms with van der Waals surface area (Å²) in [6.07, 6.45) is 2.95. The summed E-state index contributed by atoms with van der Waals surface area (Å²) < 4.78 is 5.50. The second kappa shape index (κ2) is 9.85. The molecule has 0 radical (unpaired) electrons. The number of nitrogens with one attached hydrogen (secondary N) is 1. The maximum Gasteiger partial charge on any atom is 0.410 e. The van der Waals surface area contributed by atoms with Crippen molar-refractivity contribution in [1.82, 2.24) is 19.8 Å². The van der Waals surface area contributed by atoms with Crippen LogP contribution in [0.2, 0.25) is 0 Å². The molecule has 1 fully saturated rings. The summed E-state index contributed by atoms with van der Waals surface area (Å²) in [6, 6.07) is 5.70. The first-order valence-electron chi connectivity index (χ1n) is 10.9. The third kappa shape index (κ3) is 6.18. The van der Waals surface area contributed by atoms with Crippen molar-refractivity contribution in [2.45, 2.75) is 52.1 Å². The van der Waals surface area contributed by atoms with Gasteiger partial charge in [-0.15, -0.1) is 11.3 Å². The van der Waals surface area contributed by atoms with Crippen LogP contribution in [0.4, 0.5) is 15.7 Å². The van der Waals surface area contributed by atoms with Gasteiger partial charge in [0.05, 0.1) is 11.6 Å². The molecule has 1 unspecified atom stereocenters. The molecular formula is C23H33N5O3S. The molecule has 0 saturated carbocycles.